The van der Waals surface area contributed by atoms with Crippen LogP contribution < -0.4 is 4.90 Å². The number of nitro groups is 2. The Morgan fingerprint density at radius 3 is 2.60 bits per heavy atom. The highest BCUT2D eigenvalue weighted by atomic mass is 32.2. The third kappa shape index (κ3) is 3.48. The van der Waals surface area contributed by atoms with Crippen LogP contribution in [-0.2, 0) is 13.5 Å². The van der Waals surface area contributed by atoms with Gasteiger partial charge in [0.15, 0.2) is 5.16 Å². The summed E-state index contributed by atoms with van der Waals surface area (Å²) in [6.07, 6.45) is 1.96. The summed E-state index contributed by atoms with van der Waals surface area (Å²) >= 11 is 1.08. The molecule has 0 N–H and O–H groups in total. The molecule has 0 atom stereocenters. The summed E-state index contributed by atoms with van der Waals surface area (Å²) in [6, 6.07) is 8.60. The lowest BCUT2D eigenvalue weighted by Crippen LogP contribution is -2.28. The Labute approximate surface area is 173 Å². The van der Waals surface area contributed by atoms with Gasteiger partial charge in [-0.1, -0.05) is 0 Å². The first kappa shape index (κ1) is 19.5. The fourth-order valence-electron chi connectivity index (χ4n) is 3.21. The molecule has 11 nitrogen and oxygen atoms in total. The Morgan fingerprint density at radius 1 is 1.13 bits per heavy atom. The highest BCUT2D eigenvalue weighted by Crippen LogP contribution is 2.36. The first-order valence-electron chi connectivity index (χ1n) is 8.74. The number of fused-ring (bicyclic) bond motifs is 1. The summed E-state index contributed by atoms with van der Waals surface area (Å²) in [5.41, 5.74) is 1.18. The lowest BCUT2D eigenvalue weighted by molar-refractivity contribution is -0.387. The summed E-state index contributed by atoms with van der Waals surface area (Å²) < 4.78 is 1.63. The van der Waals surface area contributed by atoms with Crippen LogP contribution in [0.15, 0.2) is 52.8 Å². The van der Waals surface area contributed by atoms with Gasteiger partial charge >= 0.3 is 0 Å². The van der Waals surface area contributed by atoms with E-state index in [9.17, 15) is 25.0 Å². The molecule has 0 spiro atoms. The third-order valence-corrected chi connectivity index (χ3v) is 5.81. The van der Waals surface area contributed by atoms with Gasteiger partial charge in [0.2, 0.25) is 0 Å². The molecule has 0 radical (unpaired) electrons. The van der Waals surface area contributed by atoms with Gasteiger partial charge < -0.3 is 9.47 Å². The first-order valence-corrected chi connectivity index (χ1v) is 9.56. The molecular weight excluding hydrogens is 412 g/mol. The number of hydrogen-bond acceptors (Lipinski definition) is 8. The predicted molar refractivity (Wildman–Crippen MR) is 107 cm³/mol. The Kier molecular flexibility index (Phi) is 4.91. The van der Waals surface area contributed by atoms with Crippen LogP contribution in [0.4, 0.5) is 17.1 Å². The number of carbonyl (C=O) groups excluding carboxylic acids is 1. The highest BCUT2D eigenvalue weighted by molar-refractivity contribution is 7.99. The molecule has 0 saturated carbocycles. The summed E-state index contributed by atoms with van der Waals surface area (Å²) in [6.45, 7) is 0.346. The van der Waals surface area contributed by atoms with Gasteiger partial charge in [0.1, 0.15) is 6.33 Å². The number of rotatable bonds is 5. The van der Waals surface area contributed by atoms with Crippen molar-refractivity contribution >= 4 is 34.7 Å². The van der Waals surface area contributed by atoms with Crippen LogP contribution in [0.1, 0.15) is 15.9 Å². The average Bonchev–Trinajstić information content (AvgIpc) is 3.33. The minimum absolute atomic E-state index is 0.0381. The second-order valence-electron chi connectivity index (χ2n) is 6.54. The standard InChI is InChI=1S/C18H14N6O5S/c1-21-10-19-20-18(21)30-16-5-2-12(9-15(16)24(28)29)17(25)22-7-6-11-8-13(23(26)27)3-4-14(11)22/h2-5,8-10H,6-7H2,1H3. The van der Waals surface area contributed by atoms with Crippen LogP contribution >= 0.6 is 11.8 Å². The van der Waals surface area contributed by atoms with E-state index in [2.05, 4.69) is 10.2 Å². The largest absolute Gasteiger partial charge is 0.311 e. The number of hydrogen-bond donors (Lipinski definition) is 0. The quantitative estimate of drug-likeness (QED) is 0.448. The zero-order valence-corrected chi connectivity index (χ0v) is 16.4. The molecule has 0 unspecified atom stereocenters. The molecule has 1 aromatic heterocycles. The van der Waals surface area contributed by atoms with Crippen molar-refractivity contribution in [2.24, 2.45) is 7.05 Å². The van der Waals surface area contributed by atoms with Gasteiger partial charge in [-0.15, -0.1) is 10.2 Å². The molecule has 0 saturated heterocycles. The number of nitro benzene ring substituents is 2. The molecule has 1 aliphatic rings. The number of aryl methyl sites for hydroxylation is 1. The van der Waals surface area contributed by atoms with E-state index in [1.807, 2.05) is 0 Å². The van der Waals surface area contributed by atoms with Gasteiger partial charge in [0.05, 0.1) is 14.7 Å². The van der Waals surface area contributed by atoms with E-state index in [-0.39, 0.29) is 16.9 Å². The van der Waals surface area contributed by atoms with E-state index in [0.717, 1.165) is 11.8 Å². The molecular formula is C18H14N6O5S. The van der Waals surface area contributed by atoms with Gasteiger partial charge in [0, 0.05) is 43.0 Å². The second kappa shape index (κ2) is 7.55. The van der Waals surface area contributed by atoms with E-state index in [0.29, 0.717) is 34.3 Å². The van der Waals surface area contributed by atoms with Crippen LogP contribution in [0.2, 0.25) is 0 Å². The third-order valence-electron chi connectivity index (χ3n) is 4.69. The van der Waals surface area contributed by atoms with Crippen molar-refractivity contribution in [2.45, 2.75) is 16.5 Å². The average molecular weight is 426 g/mol. The van der Waals surface area contributed by atoms with Crippen LogP contribution in [-0.4, -0.2) is 37.1 Å². The van der Waals surface area contributed by atoms with E-state index in [1.165, 1.54) is 47.6 Å². The molecule has 0 bridgehead atoms. The van der Waals surface area contributed by atoms with E-state index >= 15 is 0 Å². The molecule has 12 heteroatoms. The predicted octanol–water partition coefficient (Wildman–Crippen LogP) is 2.99. The van der Waals surface area contributed by atoms with Crippen molar-refractivity contribution in [1.82, 2.24) is 14.8 Å². The summed E-state index contributed by atoms with van der Waals surface area (Å²) in [4.78, 5) is 36.4. The zero-order chi connectivity index (χ0) is 21.4. The van der Waals surface area contributed by atoms with Gasteiger partial charge in [-0.05, 0) is 41.9 Å². The number of benzene rings is 2. The van der Waals surface area contributed by atoms with Gasteiger partial charge in [0.25, 0.3) is 17.3 Å². The molecule has 0 aliphatic carbocycles. The van der Waals surface area contributed by atoms with Crippen molar-refractivity contribution in [2.75, 3.05) is 11.4 Å². The van der Waals surface area contributed by atoms with Crippen molar-refractivity contribution in [3.05, 3.63) is 74.1 Å². The van der Waals surface area contributed by atoms with Gasteiger partial charge in [-0.2, -0.15) is 0 Å². The maximum Gasteiger partial charge on any atom is 0.284 e. The van der Waals surface area contributed by atoms with Crippen molar-refractivity contribution in [3.8, 4) is 0 Å². The van der Waals surface area contributed by atoms with Crippen LogP contribution in [0.5, 0.6) is 0 Å². The topological polar surface area (TPSA) is 137 Å². The number of aromatic nitrogens is 3. The molecule has 2 heterocycles. The summed E-state index contributed by atoms with van der Waals surface area (Å²) in [5, 5.41) is 30.7. The van der Waals surface area contributed by atoms with E-state index < -0.39 is 15.8 Å². The molecule has 30 heavy (non-hydrogen) atoms. The minimum Gasteiger partial charge on any atom is -0.311 e. The second-order valence-corrected chi connectivity index (χ2v) is 7.55. The Balaban J connectivity index is 1.64. The maximum absolute atomic E-state index is 13.0. The number of anilines is 1. The molecule has 4 rings (SSSR count). The number of amides is 1. The first-order chi connectivity index (χ1) is 14.3. The Hall–Kier alpha value is -3.80. The molecule has 152 valence electrons. The highest BCUT2D eigenvalue weighted by Gasteiger charge is 2.29. The monoisotopic (exact) mass is 426 g/mol. The normalized spacial score (nSPS) is 12.6. The van der Waals surface area contributed by atoms with E-state index in [4.69, 9.17) is 0 Å². The fourth-order valence-corrected chi connectivity index (χ4v) is 4.06. The van der Waals surface area contributed by atoms with Crippen molar-refractivity contribution < 1.29 is 14.6 Å². The number of non-ortho nitro benzene ring substituents is 1. The van der Waals surface area contributed by atoms with Crippen LogP contribution in [0.3, 0.4) is 0 Å². The number of carbonyl (C=O) groups is 1. The summed E-state index contributed by atoms with van der Waals surface area (Å²) in [7, 11) is 1.72. The lowest BCUT2D eigenvalue weighted by atomic mass is 10.1. The van der Waals surface area contributed by atoms with E-state index in [1.54, 1.807) is 11.6 Å². The maximum atomic E-state index is 13.0. The lowest BCUT2D eigenvalue weighted by Gasteiger charge is -2.17. The van der Waals surface area contributed by atoms with Gasteiger partial charge in [-0.3, -0.25) is 25.0 Å². The molecule has 2 aromatic carbocycles. The zero-order valence-electron chi connectivity index (χ0n) is 15.6. The molecule has 1 amide bonds. The Morgan fingerprint density at radius 2 is 1.93 bits per heavy atom. The SMILES string of the molecule is Cn1cnnc1Sc1ccc(C(=O)N2CCc3cc([N+](=O)[O-])ccc32)cc1[N+](=O)[O-]. The van der Waals surface area contributed by atoms with Crippen LogP contribution in [0.25, 0.3) is 0 Å². The molecule has 1 aliphatic heterocycles. The van der Waals surface area contributed by atoms with Crippen molar-refractivity contribution in [1.29, 1.82) is 0 Å². The fraction of sp³-hybridized carbons (Fsp3) is 0.167. The van der Waals surface area contributed by atoms with Crippen LogP contribution in [0, 0.1) is 20.2 Å². The van der Waals surface area contributed by atoms with Gasteiger partial charge in [-0.25, -0.2) is 0 Å². The number of nitrogens with zero attached hydrogens (tertiary/aromatic N) is 6. The Bertz CT molecular complexity index is 1190. The molecule has 0 fully saturated rings. The van der Waals surface area contributed by atoms with Crippen molar-refractivity contribution in [3.63, 3.8) is 0 Å². The molecule has 3 aromatic rings. The minimum atomic E-state index is -0.545. The smallest absolute Gasteiger partial charge is 0.284 e. The summed E-state index contributed by atoms with van der Waals surface area (Å²) in [5.74, 6) is -0.402.